The molecular weight excluding hydrogens is 290 g/mol. The van der Waals surface area contributed by atoms with E-state index < -0.39 is 0 Å². The second-order valence-corrected chi connectivity index (χ2v) is 5.36. The number of nitrogens with zero attached hydrogens (tertiary/aromatic N) is 1. The van der Waals surface area contributed by atoms with E-state index in [0.29, 0.717) is 5.11 Å². The topological polar surface area (TPSA) is 36.4 Å². The maximum Gasteiger partial charge on any atom is 0.186 e. The van der Waals surface area contributed by atoms with E-state index in [-0.39, 0.29) is 0 Å². The molecule has 22 heavy (non-hydrogen) atoms. The van der Waals surface area contributed by atoms with Crippen molar-refractivity contribution in [3.63, 3.8) is 0 Å². The summed E-state index contributed by atoms with van der Waals surface area (Å²) in [6.07, 6.45) is 2.99. The van der Waals surface area contributed by atoms with Crippen molar-refractivity contribution in [1.82, 2.24) is 10.7 Å². The fraction of sp³-hybridized carbons (Fsp3) is 0.222. The second-order valence-electron chi connectivity index (χ2n) is 4.95. The van der Waals surface area contributed by atoms with Gasteiger partial charge in [0.05, 0.1) is 5.71 Å². The summed E-state index contributed by atoms with van der Waals surface area (Å²) in [5.41, 5.74) is 6.39. The summed E-state index contributed by atoms with van der Waals surface area (Å²) in [7, 11) is 1.78. The molecule has 3 nitrogen and oxygen atoms in total. The molecule has 0 bridgehead atoms. The summed E-state index contributed by atoms with van der Waals surface area (Å²) in [6, 6.07) is 20.7. The van der Waals surface area contributed by atoms with Crippen LogP contribution in [0.1, 0.15) is 24.0 Å². The van der Waals surface area contributed by atoms with Crippen LogP contribution in [0.3, 0.4) is 0 Å². The first-order valence-corrected chi connectivity index (χ1v) is 7.84. The molecule has 0 aliphatic carbocycles. The number of aryl methyl sites for hydroxylation is 1. The Hall–Kier alpha value is -2.20. The van der Waals surface area contributed by atoms with Gasteiger partial charge in [-0.15, -0.1) is 0 Å². The normalized spacial score (nSPS) is 11.0. The van der Waals surface area contributed by atoms with Crippen molar-refractivity contribution in [3.8, 4) is 0 Å². The maximum atomic E-state index is 5.08. The molecule has 0 fully saturated rings. The Labute approximate surface area is 137 Å². The zero-order valence-electron chi connectivity index (χ0n) is 12.8. The van der Waals surface area contributed by atoms with E-state index in [0.717, 1.165) is 30.5 Å². The Kier molecular flexibility index (Phi) is 6.58. The first-order chi connectivity index (χ1) is 10.8. The van der Waals surface area contributed by atoms with Crippen LogP contribution in [0.25, 0.3) is 0 Å². The lowest BCUT2D eigenvalue weighted by molar-refractivity contribution is 0.853. The van der Waals surface area contributed by atoms with Crippen LogP contribution in [0.15, 0.2) is 65.8 Å². The lowest BCUT2D eigenvalue weighted by Crippen LogP contribution is -2.29. The highest BCUT2D eigenvalue weighted by Crippen LogP contribution is 2.10. The molecule has 0 unspecified atom stereocenters. The zero-order chi connectivity index (χ0) is 15.6. The van der Waals surface area contributed by atoms with Gasteiger partial charge in [0, 0.05) is 7.05 Å². The van der Waals surface area contributed by atoms with Gasteiger partial charge in [-0.3, -0.25) is 5.43 Å². The van der Waals surface area contributed by atoms with Crippen LogP contribution in [-0.2, 0) is 6.42 Å². The van der Waals surface area contributed by atoms with Crippen molar-refractivity contribution in [3.05, 3.63) is 71.8 Å². The number of nitrogens with one attached hydrogen (secondary N) is 2. The van der Waals surface area contributed by atoms with Crippen LogP contribution in [0.4, 0.5) is 0 Å². The van der Waals surface area contributed by atoms with Crippen LogP contribution >= 0.6 is 12.2 Å². The molecule has 0 atom stereocenters. The van der Waals surface area contributed by atoms with Crippen molar-refractivity contribution in [2.24, 2.45) is 5.10 Å². The molecular formula is C18H21N3S. The van der Waals surface area contributed by atoms with E-state index >= 15 is 0 Å². The van der Waals surface area contributed by atoms with E-state index in [4.69, 9.17) is 12.2 Å². The molecule has 0 aliphatic heterocycles. The van der Waals surface area contributed by atoms with Crippen LogP contribution in [0.2, 0.25) is 0 Å². The van der Waals surface area contributed by atoms with Gasteiger partial charge >= 0.3 is 0 Å². The average molecular weight is 311 g/mol. The Balaban J connectivity index is 2.00. The number of thiocarbonyl (C=S) groups is 1. The summed E-state index contributed by atoms with van der Waals surface area (Å²) in [5.74, 6) is 0. The Bertz CT molecular complexity index is 609. The molecule has 0 heterocycles. The first-order valence-electron chi connectivity index (χ1n) is 7.43. The molecule has 114 valence electrons. The van der Waals surface area contributed by atoms with Crippen molar-refractivity contribution in [1.29, 1.82) is 0 Å². The van der Waals surface area contributed by atoms with Gasteiger partial charge in [-0.05, 0) is 42.6 Å². The fourth-order valence-electron chi connectivity index (χ4n) is 2.17. The van der Waals surface area contributed by atoms with E-state index in [1.165, 1.54) is 5.56 Å². The SMILES string of the molecule is CNC(=S)N/N=C(\CCCc1ccccc1)c1ccccc1. The van der Waals surface area contributed by atoms with Crippen molar-refractivity contribution < 1.29 is 0 Å². The number of hydrazone groups is 1. The summed E-state index contributed by atoms with van der Waals surface area (Å²) in [6.45, 7) is 0. The third kappa shape index (κ3) is 5.30. The maximum absolute atomic E-state index is 5.08. The van der Waals surface area contributed by atoms with Gasteiger partial charge < -0.3 is 5.32 Å². The minimum atomic E-state index is 0.525. The molecule has 2 N–H and O–H groups in total. The smallest absolute Gasteiger partial charge is 0.186 e. The molecule has 0 saturated heterocycles. The van der Waals surface area contributed by atoms with Gasteiger partial charge in [0.1, 0.15) is 0 Å². The highest BCUT2D eigenvalue weighted by atomic mass is 32.1. The lowest BCUT2D eigenvalue weighted by atomic mass is 10.0. The van der Waals surface area contributed by atoms with E-state index in [1.54, 1.807) is 7.05 Å². The van der Waals surface area contributed by atoms with Gasteiger partial charge in [0.15, 0.2) is 5.11 Å². The Morgan fingerprint density at radius 1 is 1.00 bits per heavy atom. The van der Waals surface area contributed by atoms with Crippen molar-refractivity contribution >= 4 is 23.0 Å². The van der Waals surface area contributed by atoms with Crippen LogP contribution < -0.4 is 10.7 Å². The first kappa shape index (κ1) is 16.2. The second kappa shape index (κ2) is 8.95. The van der Waals surface area contributed by atoms with E-state index in [1.807, 2.05) is 24.3 Å². The highest BCUT2D eigenvalue weighted by molar-refractivity contribution is 7.80. The number of benzene rings is 2. The molecule has 2 aromatic rings. The summed E-state index contributed by atoms with van der Waals surface area (Å²) in [5, 5.41) is 7.85. The number of hydrogen-bond acceptors (Lipinski definition) is 2. The standard InChI is InChI=1S/C18H21N3S/c1-19-18(22)21-20-17(16-12-6-3-7-13-16)14-8-11-15-9-4-2-5-10-15/h2-7,9-10,12-13H,8,11,14H2,1H3,(H2,19,21,22)/b20-17+. The predicted octanol–water partition coefficient (Wildman–Crippen LogP) is 3.51. The average Bonchev–Trinajstić information content (AvgIpc) is 2.59. The third-order valence-electron chi connectivity index (χ3n) is 3.35. The molecule has 2 aromatic carbocycles. The molecule has 4 heteroatoms. The van der Waals surface area contributed by atoms with Crippen molar-refractivity contribution in [2.45, 2.75) is 19.3 Å². The van der Waals surface area contributed by atoms with E-state index in [9.17, 15) is 0 Å². The van der Waals surface area contributed by atoms with Crippen LogP contribution in [0, 0.1) is 0 Å². The van der Waals surface area contributed by atoms with Gasteiger partial charge in [0.2, 0.25) is 0 Å². The molecule has 0 spiro atoms. The van der Waals surface area contributed by atoms with Gasteiger partial charge in [-0.25, -0.2) is 0 Å². The third-order valence-corrected chi connectivity index (χ3v) is 3.64. The largest absolute Gasteiger partial charge is 0.364 e. The molecule has 0 aliphatic rings. The van der Waals surface area contributed by atoms with Gasteiger partial charge in [-0.1, -0.05) is 60.7 Å². The molecule has 2 rings (SSSR count). The molecule has 0 saturated carbocycles. The van der Waals surface area contributed by atoms with E-state index in [2.05, 4.69) is 52.2 Å². The monoisotopic (exact) mass is 311 g/mol. The fourth-order valence-corrected chi connectivity index (χ4v) is 2.22. The summed E-state index contributed by atoms with van der Waals surface area (Å²) < 4.78 is 0. The molecule has 0 radical (unpaired) electrons. The minimum Gasteiger partial charge on any atom is -0.364 e. The zero-order valence-corrected chi connectivity index (χ0v) is 13.6. The van der Waals surface area contributed by atoms with Crippen LogP contribution in [-0.4, -0.2) is 17.9 Å². The van der Waals surface area contributed by atoms with Gasteiger partial charge in [0.25, 0.3) is 0 Å². The minimum absolute atomic E-state index is 0.525. The molecule has 0 amide bonds. The summed E-state index contributed by atoms with van der Waals surface area (Å²) in [4.78, 5) is 0. The Morgan fingerprint density at radius 3 is 2.27 bits per heavy atom. The quantitative estimate of drug-likeness (QED) is 0.487. The molecule has 0 aromatic heterocycles. The highest BCUT2D eigenvalue weighted by Gasteiger charge is 2.04. The van der Waals surface area contributed by atoms with Crippen molar-refractivity contribution in [2.75, 3.05) is 7.05 Å². The summed E-state index contributed by atoms with van der Waals surface area (Å²) >= 11 is 5.08. The predicted molar refractivity (Wildman–Crippen MR) is 97.2 cm³/mol. The number of rotatable bonds is 6. The van der Waals surface area contributed by atoms with Gasteiger partial charge in [-0.2, -0.15) is 5.10 Å². The number of hydrogen-bond donors (Lipinski definition) is 2. The Morgan fingerprint density at radius 2 is 1.64 bits per heavy atom. The van der Waals surface area contributed by atoms with Crippen LogP contribution in [0.5, 0.6) is 0 Å². The lowest BCUT2D eigenvalue weighted by Gasteiger charge is -2.09.